The van der Waals surface area contributed by atoms with Crippen molar-refractivity contribution >= 4 is 12.6 Å². The number of thiocyanates is 1. The van der Waals surface area contributed by atoms with Crippen LogP contribution in [0.1, 0.15) is 0 Å². The minimum absolute atomic E-state index is 0. The Morgan fingerprint density at radius 1 is 1.60 bits per heavy atom. The Kier molecular flexibility index (Phi) is 51.3. The molecule has 0 amide bonds. The summed E-state index contributed by atoms with van der Waals surface area (Å²) in [6.45, 7) is 0. The predicted octanol–water partition coefficient (Wildman–Crippen LogP) is -5.59. The first-order chi connectivity index (χ1) is 1.41. The Morgan fingerprint density at radius 2 is 1.60 bits per heavy atom. The average molecular weight is 225 g/mol. The van der Waals surface area contributed by atoms with Gasteiger partial charge < -0.3 is 24.0 Å². The van der Waals surface area contributed by atoms with Gasteiger partial charge in [0.15, 0.2) is 0 Å². The second-order valence-electron chi connectivity index (χ2n) is 0.100. The topological polar surface area (TPSA) is 23.8 Å². The maximum atomic E-state index is 7.18. The van der Waals surface area contributed by atoms with E-state index in [1.54, 1.807) is 0 Å². The van der Waals surface area contributed by atoms with E-state index in [9.17, 15) is 0 Å². The van der Waals surface area contributed by atoms with E-state index in [4.69, 9.17) is 5.26 Å². The molecule has 0 aromatic rings. The molecule has 4 heteroatoms. The van der Waals surface area contributed by atoms with E-state index >= 15 is 0 Å². The molecule has 0 saturated carbocycles. The van der Waals surface area contributed by atoms with Crippen molar-refractivity contribution in [3.05, 3.63) is 0 Å². The maximum Gasteiger partial charge on any atom is 1.00 e. The fourth-order valence-corrected chi connectivity index (χ4v) is 0. The molecule has 0 aliphatic rings. The number of thiol groups is 1. The quantitative estimate of drug-likeness (QED) is 0.189. The van der Waals surface area contributed by atoms with Crippen molar-refractivity contribution in [1.82, 2.24) is 0 Å². The van der Waals surface area contributed by atoms with Crippen LogP contribution in [0.15, 0.2) is 0 Å². The van der Waals surface area contributed by atoms with Crippen LogP contribution in [0.5, 0.6) is 0 Å². The maximum absolute atomic E-state index is 7.18. The second-order valence-corrected chi connectivity index (χ2v) is 0.300. The zero-order chi connectivity index (χ0) is 2.71. The standard InChI is InChI=1S/CHNS.HI.K/c2-1-3;;/h3H;1H;/q;;+1/p-1. The van der Waals surface area contributed by atoms with Gasteiger partial charge >= 0.3 is 51.4 Å². The van der Waals surface area contributed by atoms with Crippen LogP contribution in [0.4, 0.5) is 0 Å². The van der Waals surface area contributed by atoms with Gasteiger partial charge in [-0.3, -0.25) is 0 Å². The summed E-state index contributed by atoms with van der Waals surface area (Å²) in [5.74, 6) is 0. The Bertz CT molecular complexity index is 33.1. The first-order valence-electron chi connectivity index (χ1n) is 0.447. The average Bonchev–Trinajstić information content (AvgIpc) is 0.918. The summed E-state index contributed by atoms with van der Waals surface area (Å²) in [6.07, 6.45) is 0. The number of rotatable bonds is 0. The third kappa shape index (κ3) is 22.6. The Balaban J connectivity index is -0.0000000200. The fourth-order valence-electron chi connectivity index (χ4n) is 0. The van der Waals surface area contributed by atoms with Crippen LogP contribution >= 0.6 is 12.6 Å². The van der Waals surface area contributed by atoms with E-state index in [0.717, 1.165) is 0 Å². The molecule has 0 rings (SSSR count). The summed E-state index contributed by atoms with van der Waals surface area (Å²) in [6, 6.07) is 0. The van der Waals surface area contributed by atoms with Gasteiger partial charge in [0.05, 0.1) is 0 Å². The Morgan fingerprint density at radius 3 is 1.60 bits per heavy atom. The molecule has 0 heterocycles. The van der Waals surface area contributed by atoms with Crippen LogP contribution in [0.2, 0.25) is 0 Å². The summed E-state index contributed by atoms with van der Waals surface area (Å²) < 4.78 is 0. The van der Waals surface area contributed by atoms with Crippen LogP contribution in [-0.4, -0.2) is 0 Å². The molecule has 0 unspecified atom stereocenters. The molecule has 0 spiro atoms. The van der Waals surface area contributed by atoms with Gasteiger partial charge in [0.25, 0.3) is 0 Å². The van der Waals surface area contributed by atoms with Crippen molar-refractivity contribution in [2.24, 2.45) is 0 Å². The molecule has 0 bridgehead atoms. The van der Waals surface area contributed by atoms with Crippen molar-refractivity contribution in [3.8, 4) is 5.40 Å². The zero-order valence-electron chi connectivity index (χ0n) is 2.77. The fraction of sp³-hybridized carbons (Fsp3) is 0. The molecule has 5 heavy (non-hydrogen) atoms. The third-order valence-electron chi connectivity index (χ3n) is 0. The van der Waals surface area contributed by atoms with E-state index in [2.05, 4.69) is 12.6 Å². The van der Waals surface area contributed by atoms with Gasteiger partial charge in [0.1, 0.15) is 5.40 Å². The molecule has 0 radical (unpaired) electrons. The summed E-state index contributed by atoms with van der Waals surface area (Å²) in [7, 11) is 0. The molecule has 24 valence electrons. The Labute approximate surface area is 96.4 Å². The molecule has 0 aromatic carbocycles. The summed E-state index contributed by atoms with van der Waals surface area (Å²) in [4.78, 5) is 0. The van der Waals surface area contributed by atoms with E-state index in [-0.39, 0.29) is 75.4 Å². The van der Waals surface area contributed by atoms with E-state index in [1.807, 2.05) is 0 Å². The van der Waals surface area contributed by atoms with Crippen LogP contribution in [0.3, 0.4) is 0 Å². The number of nitrogens with zero attached hydrogens (tertiary/aromatic N) is 1. The van der Waals surface area contributed by atoms with Crippen LogP contribution in [0.25, 0.3) is 0 Å². The van der Waals surface area contributed by atoms with Crippen molar-refractivity contribution in [2.45, 2.75) is 0 Å². The first kappa shape index (κ1) is 15.7. The van der Waals surface area contributed by atoms with E-state index in [0.29, 0.717) is 0 Å². The predicted molar refractivity (Wildman–Crippen MR) is 14.6 cm³/mol. The molecular formula is CHIKNS. The summed E-state index contributed by atoms with van der Waals surface area (Å²) in [5.41, 5.74) is 0. The molecule has 0 fully saturated rings. The van der Waals surface area contributed by atoms with Gasteiger partial charge in [-0.25, -0.2) is 0 Å². The van der Waals surface area contributed by atoms with E-state index in [1.165, 1.54) is 5.40 Å². The molecule has 0 atom stereocenters. The molecule has 0 saturated heterocycles. The molecule has 0 aliphatic carbocycles. The number of nitriles is 1. The number of hydrogen-bond acceptors (Lipinski definition) is 2. The minimum atomic E-state index is 0. The van der Waals surface area contributed by atoms with Crippen LogP contribution in [0, 0.1) is 10.7 Å². The smallest absolute Gasteiger partial charge is 1.00 e. The largest absolute Gasteiger partial charge is 1.00 e. The Hall–Kier alpha value is 2.21. The SMILES string of the molecule is N#CS.[I-].[K+]. The van der Waals surface area contributed by atoms with Gasteiger partial charge in [0.2, 0.25) is 0 Å². The first-order valence-corrected chi connectivity index (χ1v) is 0.894. The van der Waals surface area contributed by atoms with Gasteiger partial charge in [-0.1, -0.05) is 12.6 Å². The molecular weight excluding hydrogens is 224 g/mol. The molecule has 0 N–H and O–H groups in total. The normalized spacial score (nSPS) is 1.60. The van der Waals surface area contributed by atoms with Gasteiger partial charge in [-0.05, 0) is 0 Å². The van der Waals surface area contributed by atoms with Gasteiger partial charge in [0, 0.05) is 0 Å². The zero-order valence-corrected chi connectivity index (χ0v) is 8.95. The van der Waals surface area contributed by atoms with Crippen LogP contribution in [-0.2, 0) is 0 Å². The van der Waals surface area contributed by atoms with Crippen molar-refractivity contribution in [1.29, 1.82) is 5.26 Å². The molecule has 0 aromatic heterocycles. The van der Waals surface area contributed by atoms with Gasteiger partial charge in [-0.2, -0.15) is 5.26 Å². The number of halogens is 1. The second kappa shape index (κ2) is 16.4. The molecule has 0 aliphatic heterocycles. The summed E-state index contributed by atoms with van der Waals surface area (Å²) >= 11 is 3.09. The third-order valence-corrected chi connectivity index (χ3v) is 0. The number of hydrogen-bond donors (Lipinski definition) is 1. The van der Waals surface area contributed by atoms with Crippen molar-refractivity contribution in [2.75, 3.05) is 0 Å². The monoisotopic (exact) mass is 225 g/mol. The van der Waals surface area contributed by atoms with Crippen molar-refractivity contribution < 1.29 is 75.4 Å². The van der Waals surface area contributed by atoms with Crippen LogP contribution < -0.4 is 75.4 Å². The van der Waals surface area contributed by atoms with Crippen molar-refractivity contribution in [3.63, 3.8) is 0 Å². The van der Waals surface area contributed by atoms with Gasteiger partial charge in [-0.15, -0.1) is 0 Å². The minimum Gasteiger partial charge on any atom is -1.00 e. The summed E-state index contributed by atoms with van der Waals surface area (Å²) in [5, 5.41) is 8.63. The van der Waals surface area contributed by atoms with E-state index < -0.39 is 0 Å². The molecule has 1 nitrogen and oxygen atoms in total.